The molecule has 1 aliphatic rings. The van der Waals surface area contributed by atoms with Crippen LogP contribution in [0.15, 0.2) is 16.6 Å². The van der Waals surface area contributed by atoms with Crippen LogP contribution in [-0.2, 0) is 4.79 Å². The number of hydrogen-bond donors (Lipinski definition) is 2. The molecule has 0 aromatic heterocycles. The molecule has 0 aliphatic carbocycles. The van der Waals surface area contributed by atoms with Crippen LogP contribution in [0.1, 0.15) is 11.6 Å². The number of carbonyl (C=O) groups is 1. The Balaban J connectivity index is 2.35. The SMILES string of the molecule is CN(CC(F)F)c1cc2c(cc1Br)C(N)C(=O)N2. The minimum atomic E-state index is -2.42. The van der Waals surface area contributed by atoms with Gasteiger partial charge in [0.05, 0.1) is 12.2 Å². The molecule has 1 unspecified atom stereocenters. The van der Waals surface area contributed by atoms with Gasteiger partial charge in [0, 0.05) is 22.8 Å². The second-order valence-corrected chi connectivity index (χ2v) is 4.98. The minimum absolute atomic E-state index is 0.287. The van der Waals surface area contributed by atoms with Crippen molar-refractivity contribution in [1.29, 1.82) is 0 Å². The predicted octanol–water partition coefficient (Wildman–Crippen LogP) is 2.10. The highest BCUT2D eigenvalue weighted by atomic mass is 79.9. The molecule has 7 heteroatoms. The Bertz CT molecular complexity index is 495. The third kappa shape index (κ3) is 2.32. The van der Waals surface area contributed by atoms with E-state index in [0.29, 0.717) is 21.4 Å². The number of nitrogens with zero attached hydrogens (tertiary/aromatic N) is 1. The van der Waals surface area contributed by atoms with Crippen LogP contribution in [0, 0.1) is 0 Å². The van der Waals surface area contributed by atoms with Crippen LogP contribution in [-0.4, -0.2) is 25.9 Å². The molecule has 0 fully saturated rings. The zero-order chi connectivity index (χ0) is 13.4. The summed E-state index contributed by atoms with van der Waals surface area (Å²) in [7, 11) is 1.56. The maximum atomic E-state index is 12.4. The van der Waals surface area contributed by atoms with E-state index in [1.165, 1.54) is 4.90 Å². The fraction of sp³-hybridized carbons (Fsp3) is 0.364. The minimum Gasteiger partial charge on any atom is -0.368 e. The summed E-state index contributed by atoms with van der Waals surface area (Å²) in [5.41, 5.74) is 7.53. The Kier molecular flexibility index (Phi) is 3.54. The van der Waals surface area contributed by atoms with E-state index in [1.54, 1.807) is 19.2 Å². The standard InChI is InChI=1S/C11H12BrF2N3O/c1-17(4-9(13)14)8-3-7-5(2-6(8)12)10(15)11(18)16-7/h2-3,9-10H,4,15H2,1H3,(H,16,18). The molecule has 1 heterocycles. The Hall–Kier alpha value is -1.21. The van der Waals surface area contributed by atoms with Crippen molar-refractivity contribution in [3.8, 4) is 0 Å². The molecule has 1 aliphatic heterocycles. The molecule has 1 atom stereocenters. The number of anilines is 2. The molecule has 1 aromatic rings. The lowest BCUT2D eigenvalue weighted by Crippen LogP contribution is -2.24. The Morgan fingerprint density at radius 2 is 2.22 bits per heavy atom. The quantitative estimate of drug-likeness (QED) is 0.897. The number of fused-ring (bicyclic) bond motifs is 1. The molecule has 2 rings (SSSR count). The van der Waals surface area contributed by atoms with E-state index in [1.807, 2.05) is 0 Å². The maximum Gasteiger partial charge on any atom is 0.255 e. The number of amides is 1. The number of benzene rings is 1. The fourth-order valence-electron chi connectivity index (χ4n) is 1.89. The van der Waals surface area contributed by atoms with Gasteiger partial charge >= 0.3 is 0 Å². The Morgan fingerprint density at radius 1 is 1.56 bits per heavy atom. The fourth-order valence-corrected chi connectivity index (χ4v) is 2.56. The van der Waals surface area contributed by atoms with Crippen LogP contribution < -0.4 is 16.0 Å². The molecule has 1 amide bonds. The third-order valence-electron chi connectivity index (χ3n) is 2.82. The van der Waals surface area contributed by atoms with Crippen LogP contribution in [0.3, 0.4) is 0 Å². The molecule has 1 aromatic carbocycles. The summed E-state index contributed by atoms with van der Waals surface area (Å²) in [6.07, 6.45) is -2.42. The molecule has 18 heavy (non-hydrogen) atoms. The van der Waals surface area contributed by atoms with Gasteiger partial charge in [-0.1, -0.05) is 0 Å². The first-order chi connectivity index (χ1) is 8.40. The summed E-state index contributed by atoms with van der Waals surface area (Å²) in [5.74, 6) is -0.287. The highest BCUT2D eigenvalue weighted by molar-refractivity contribution is 9.10. The Labute approximate surface area is 111 Å². The molecule has 4 nitrogen and oxygen atoms in total. The monoisotopic (exact) mass is 319 g/mol. The van der Waals surface area contributed by atoms with Gasteiger partial charge in [-0.15, -0.1) is 0 Å². The lowest BCUT2D eigenvalue weighted by molar-refractivity contribution is -0.116. The highest BCUT2D eigenvalue weighted by Gasteiger charge is 2.28. The lowest BCUT2D eigenvalue weighted by Gasteiger charge is -2.21. The van der Waals surface area contributed by atoms with Crippen molar-refractivity contribution >= 4 is 33.2 Å². The first-order valence-corrected chi connectivity index (χ1v) is 6.08. The van der Waals surface area contributed by atoms with Crippen LogP contribution in [0.2, 0.25) is 0 Å². The average Bonchev–Trinajstić information content (AvgIpc) is 2.53. The van der Waals surface area contributed by atoms with E-state index in [9.17, 15) is 13.6 Å². The maximum absolute atomic E-state index is 12.4. The molecule has 0 saturated heterocycles. The molecular weight excluding hydrogens is 308 g/mol. The van der Waals surface area contributed by atoms with Gasteiger partial charge in [0.1, 0.15) is 6.04 Å². The van der Waals surface area contributed by atoms with Gasteiger partial charge in [-0.05, 0) is 28.1 Å². The lowest BCUT2D eigenvalue weighted by atomic mass is 10.1. The van der Waals surface area contributed by atoms with Crippen molar-refractivity contribution < 1.29 is 13.6 Å². The zero-order valence-corrected chi connectivity index (χ0v) is 11.2. The summed E-state index contributed by atoms with van der Waals surface area (Å²) >= 11 is 3.31. The van der Waals surface area contributed by atoms with E-state index >= 15 is 0 Å². The van der Waals surface area contributed by atoms with E-state index in [2.05, 4.69) is 21.2 Å². The molecular formula is C11H12BrF2N3O. The molecule has 0 saturated carbocycles. The summed E-state index contributed by atoms with van der Waals surface area (Å²) in [4.78, 5) is 12.8. The normalized spacial score (nSPS) is 17.9. The van der Waals surface area contributed by atoms with Crippen LogP contribution >= 0.6 is 15.9 Å². The number of nitrogens with one attached hydrogen (secondary N) is 1. The predicted molar refractivity (Wildman–Crippen MR) is 69.0 cm³/mol. The number of rotatable bonds is 3. The first kappa shape index (κ1) is 13.2. The van der Waals surface area contributed by atoms with E-state index in [0.717, 1.165) is 0 Å². The summed E-state index contributed by atoms with van der Waals surface area (Å²) in [6, 6.07) is 2.63. The number of hydrogen-bond acceptors (Lipinski definition) is 3. The van der Waals surface area contributed by atoms with Gasteiger partial charge < -0.3 is 16.0 Å². The molecule has 98 valence electrons. The van der Waals surface area contributed by atoms with Gasteiger partial charge in [-0.3, -0.25) is 4.79 Å². The highest BCUT2D eigenvalue weighted by Crippen LogP contribution is 2.37. The van der Waals surface area contributed by atoms with Crippen LogP contribution in [0.25, 0.3) is 0 Å². The summed E-state index contributed by atoms with van der Waals surface area (Å²) < 4.78 is 25.3. The molecule has 0 bridgehead atoms. The van der Waals surface area contributed by atoms with Crippen LogP contribution in [0.4, 0.5) is 20.2 Å². The third-order valence-corrected chi connectivity index (χ3v) is 3.45. The summed E-state index contributed by atoms with van der Waals surface area (Å²) in [5, 5.41) is 2.62. The zero-order valence-electron chi connectivity index (χ0n) is 9.58. The number of alkyl halides is 2. The average molecular weight is 320 g/mol. The van der Waals surface area contributed by atoms with E-state index in [-0.39, 0.29) is 12.5 Å². The van der Waals surface area contributed by atoms with E-state index in [4.69, 9.17) is 5.73 Å². The molecule has 0 spiro atoms. The van der Waals surface area contributed by atoms with Crippen molar-refractivity contribution in [2.75, 3.05) is 23.8 Å². The van der Waals surface area contributed by atoms with Crippen molar-refractivity contribution in [3.05, 3.63) is 22.2 Å². The number of halogens is 3. The van der Waals surface area contributed by atoms with Crippen LogP contribution in [0.5, 0.6) is 0 Å². The second kappa shape index (κ2) is 4.81. The van der Waals surface area contributed by atoms with Crippen molar-refractivity contribution in [1.82, 2.24) is 0 Å². The van der Waals surface area contributed by atoms with Gasteiger partial charge in [0.25, 0.3) is 6.43 Å². The topological polar surface area (TPSA) is 58.4 Å². The van der Waals surface area contributed by atoms with Crippen molar-refractivity contribution in [2.45, 2.75) is 12.5 Å². The number of carbonyl (C=O) groups excluding carboxylic acids is 1. The summed E-state index contributed by atoms with van der Waals surface area (Å²) in [6.45, 7) is -0.378. The Morgan fingerprint density at radius 3 is 2.83 bits per heavy atom. The largest absolute Gasteiger partial charge is 0.368 e. The second-order valence-electron chi connectivity index (χ2n) is 4.13. The van der Waals surface area contributed by atoms with E-state index < -0.39 is 12.5 Å². The molecule has 0 radical (unpaired) electrons. The first-order valence-electron chi connectivity index (χ1n) is 5.29. The van der Waals surface area contributed by atoms with Gasteiger partial charge in [-0.25, -0.2) is 8.78 Å². The van der Waals surface area contributed by atoms with Crippen molar-refractivity contribution in [3.63, 3.8) is 0 Å². The van der Waals surface area contributed by atoms with Gasteiger partial charge in [0.2, 0.25) is 5.91 Å². The van der Waals surface area contributed by atoms with Gasteiger partial charge in [0.15, 0.2) is 0 Å². The smallest absolute Gasteiger partial charge is 0.255 e. The number of nitrogens with two attached hydrogens (primary N) is 1. The molecule has 3 N–H and O–H groups in total. The van der Waals surface area contributed by atoms with Crippen molar-refractivity contribution in [2.24, 2.45) is 5.73 Å². The van der Waals surface area contributed by atoms with Gasteiger partial charge in [-0.2, -0.15) is 0 Å².